The van der Waals surface area contributed by atoms with Crippen molar-refractivity contribution in [1.29, 1.82) is 0 Å². The van der Waals surface area contributed by atoms with Gasteiger partial charge >= 0.3 is 0 Å². The minimum absolute atomic E-state index is 0.0112. The standard InChI is InChI=1S/C22H15FN2O5S/c1-13-10-16(25(28)29)6-8-18(13)19-9-7-17(30-19)11-20-21(26)24(22(27)31-20)12-14-2-4-15(23)5-3-14/h2-11H,12H2,1H3/b20-11-. The van der Waals surface area contributed by atoms with Crippen molar-refractivity contribution in [3.8, 4) is 11.3 Å². The van der Waals surface area contributed by atoms with Crippen molar-refractivity contribution in [3.63, 3.8) is 0 Å². The van der Waals surface area contributed by atoms with E-state index in [2.05, 4.69) is 0 Å². The molecule has 4 rings (SSSR count). The van der Waals surface area contributed by atoms with E-state index < -0.39 is 21.9 Å². The van der Waals surface area contributed by atoms with Crippen LogP contribution in [0.5, 0.6) is 0 Å². The van der Waals surface area contributed by atoms with Crippen molar-refractivity contribution < 1.29 is 23.3 Å². The van der Waals surface area contributed by atoms with Crippen LogP contribution in [0.4, 0.5) is 14.9 Å². The van der Waals surface area contributed by atoms with Crippen molar-refractivity contribution in [3.05, 3.63) is 92.3 Å². The van der Waals surface area contributed by atoms with Gasteiger partial charge in [0.1, 0.15) is 17.3 Å². The van der Waals surface area contributed by atoms with Crippen molar-refractivity contribution in [1.82, 2.24) is 4.90 Å². The number of halogens is 1. The molecule has 156 valence electrons. The molecule has 0 N–H and O–H groups in total. The van der Waals surface area contributed by atoms with Crippen molar-refractivity contribution >= 4 is 34.7 Å². The highest BCUT2D eigenvalue weighted by Crippen LogP contribution is 2.35. The molecule has 31 heavy (non-hydrogen) atoms. The van der Waals surface area contributed by atoms with Crippen LogP contribution >= 0.6 is 11.8 Å². The second kappa shape index (κ2) is 8.19. The van der Waals surface area contributed by atoms with Gasteiger partial charge in [-0.2, -0.15) is 0 Å². The van der Waals surface area contributed by atoms with Crippen molar-refractivity contribution in [2.45, 2.75) is 13.5 Å². The molecule has 2 aromatic carbocycles. The molecule has 3 aromatic rings. The lowest BCUT2D eigenvalue weighted by molar-refractivity contribution is -0.384. The molecule has 1 aliphatic heterocycles. The van der Waals surface area contributed by atoms with Gasteiger partial charge in [-0.25, -0.2) is 4.39 Å². The van der Waals surface area contributed by atoms with Crippen molar-refractivity contribution in [2.75, 3.05) is 0 Å². The Morgan fingerprint density at radius 3 is 2.55 bits per heavy atom. The van der Waals surface area contributed by atoms with E-state index in [0.717, 1.165) is 16.7 Å². The number of aryl methyl sites for hydroxylation is 1. The summed E-state index contributed by atoms with van der Waals surface area (Å²) in [5, 5.41) is 10.5. The monoisotopic (exact) mass is 438 g/mol. The first-order chi connectivity index (χ1) is 14.8. The molecular formula is C22H15FN2O5S. The van der Waals surface area contributed by atoms with Gasteiger partial charge in [0.15, 0.2) is 0 Å². The van der Waals surface area contributed by atoms with Crippen LogP contribution in [0, 0.1) is 22.9 Å². The third-order valence-electron chi connectivity index (χ3n) is 4.71. The summed E-state index contributed by atoms with van der Waals surface area (Å²) in [6.07, 6.45) is 1.49. The number of carbonyl (C=O) groups is 2. The number of hydrogen-bond donors (Lipinski definition) is 0. The Labute approximate surface area is 180 Å². The van der Waals surface area contributed by atoms with Gasteiger partial charge in [-0.05, 0) is 60.1 Å². The van der Waals surface area contributed by atoms with Crippen LogP contribution in [-0.2, 0) is 11.3 Å². The second-order valence-corrected chi connectivity index (χ2v) is 7.85. The fourth-order valence-corrected chi connectivity index (χ4v) is 3.97. The van der Waals surface area contributed by atoms with E-state index in [1.807, 2.05) is 0 Å². The Balaban J connectivity index is 1.54. The lowest BCUT2D eigenvalue weighted by atomic mass is 10.1. The Hall–Kier alpha value is -3.72. The lowest BCUT2D eigenvalue weighted by Crippen LogP contribution is -2.27. The molecule has 1 aliphatic rings. The minimum Gasteiger partial charge on any atom is -0.457 e. The number of rotatable bonds is 5. The summed E-state index contributed by atoms with van der Waals surface area (Å²) >= 11 is 0.802. The maximum absolute atomic E-state index is 13.1. The number of nitrogens with zero attached hydrogens (tertiary/aromatic N) is 2. The van der Waals surface area contributed by atoms with Crippen LogP contribution < -0.4 is 0 Å². The molecule has 0 bridgehead atoms. The van der Waals surface area contributed by atoms with Crippen LogP contribution in [0.1, 0.15) is 16.9 Å². The summed E-state index contributed by atoms with van der Waals surface area (Å²) in [6.45, 7) is 1.79. The highest BCUT2D eigenvalue weighted by atomic mass is 32.2. The van der Waals surface area contributed by atoms with E-state index in [0.29, 0.717) is 28.2 Å². The number of hydrogen-bond acceptors (Lipinski definition) is 6. The summed E-state index contributed by atoms with van der Waals surface area (Å²) in [6, 6.07) is 13.4. The lowest BCUT2D eigenvalue weighted by Gasteiger charge is -2.12. The number of benzene rings is 2. The van der Waals surface area contributed by atoms with Gasteiger partial charge in [0.05, 0.1) is 16.4 Å². The topological polar surface area (TPSA) is 93.7 Å². The number of non-ortho nitro benzene ring substituents is 1. The molecule has 2 heterocycles. The molecule has 0 radical (unpaired) electrons. The fraction of sp³-hybridized carbons (Fsp3) is 0.0909. The SMILES string of the molecule is Cc1cc([N+](=O)[O-])ccc1-c1ccc(/C=C2\SC(=O)N(Cc3ccc(F)cc3)C2=O)o1. The van der Waals surface area contributed by atoms with E-state index in [4.69, 9.17) is 4.42 Å². The number of furan rings is 1. The van der Waals surface area contributed by atoms with Gasteiger partial charge < -0.3 is 4.42 Å². The molecule has 1 aromatic heterocycles. The third-order valence-corrected chi connectivity index (χ3v) is 5.62. The number of nitro groups is 1. The second-order valence-electron chi connectivity index (χ2n) is 6.85. The molecule has 7 nitrogen and oxygen atoms in total. The maximum atomic E-state index is 13.1. The molecule has 0 spiro atoms. The largest absolute Gasteiger partial charge is 0.457 e. The Morgan fingerprint density at radius 1 is 1.13 bits per heavy atom. The zero-order valence-corrected chi connectivity index (χ0v) is 17.0. The zero-order chi connectivity index (χ0) is 22.1. The number of carbonyl (C=O) groups excluding carboxylic acids is 2. The minimum atomic E-state index is -0.466. The molecule has 0 atom stereocenters. The zero-order valence-electron chi connectivity index (χ0n) is 16.2. The van der Waals surface area contributed by atoms with Gasteiger partial charge in [-0.3, -0.25) is 24.6 Å². The number of nitro benzene ring substituents is 1. The number of amides is 2. The van der Waals surface area contributed by atoms with Gasteiger partial charge in [0.25, 0.3) is 16.8 Å². The molecule has 1 saturated heterocycles. The van der Waals surface area contributed by atoms with Crippen LogP contribution in [0.2, 0.25) is 0 Å². The Bertz CT molecular complexity index is 1230. The van der Waals surface area contributed by atoms with E-state index >= 15 is 0 Å². The van der Waals surface area contributed by atoms with E-state index in [1.165, 1.54) is 42.5 Å². The third kappa shape index (κ3) is 4.26. The van der Waals surface area contributed by atoms with E-state index in [1.54, 1.807) is 25.1 Å². The highest BCUT2D eigenvalue weighted by molar-refractivity contribution is 8.18. The Kier molecular flexibility index (Phi) is 5.43. The van der Waals surface area contributed by atoms with E-state index in [9.17, 15) is 24.1 Å². The summed E-state index contributed by atoms with van der Waals surface area (Å²) in [5.41, 5.74) is 1.99. The van der Waals surface area contributed by atoms with Crippen LogP contribution in [-0.4, -0.2) is 21.0 Å². The van der Waals surface area contributed by atoms with E-state index in [-0.39, 0.29) is 17.1 Å². The highest BCUT2D eigenvalue weighted by Gasteiger charge is 2.35. The predicted octanol–water partition coefficient (Wildman–Crippen LogP) is 5.54. The van der Waals surface area contributed by atoms with Gasteiger partial charge in [0, 0.05) is 23.8 Å². The van der Waals surface area contributed by atoms with Crippen LogP contribution in [0.25, 0.3) is 17.4 Å². The first-order valence-corrected chi connectivity index (χ1v) is 9.98. The average molecular weight is 438 g/mol. The average Bonchev–Trinajstić information content (AvgIpc) is 3.29. The van der Waals surface area contributed by atoms with Gasteiger partial charge in [-0.1, -0.05) is 12.1 Å². The Morgan fingerprint density at radius 2 is 1.87 bits per heavy atom. The smallest absolute Gasteiger partial charge is 0.293 e. The predicted molar refractivity (Wildman–Crippen MR) is 113 cm³/mol. The molecule has 2 amide bonds. The van der Waals surface area contributed by atoms with Crippen molar-refractivity contribution in [2.24, 2.45) is 0 Å². The molecule has 9 heteroatoms. The van der Waals surface area contributed by atoms with Crippen LogP contribution in [0.15, 0.2) is 63.9 Å². The first kappa shape index (κ1) is 20.5. The fourth-order valence-electron chi connectivity index (χ4n) is 3.15. The number of thioether (sulfide) groups is 1. The molecule has 0 saturated carbocycles. The van der Waals surface area contributed by atoms with Gasteiger partial charge in [-0.15, -0.1) is 0 Å². The summed E-state index contributed by atoms with van der Waals surface area (Å²) in [7, 11) is 0. The molecule has 0 unspecified atom stereocenters. The summed E-state index contributed by atoms with van der Waals surface area (Å²) in [4.78, 5) is 36.7. The van der Waals surface area contributed by atoms with Crippen LogP contribution in [0.3, 0.4) is 0 Å². The normalized spacial score (nSPS) is 15.2. The summed E-state index contributed by atoms with van der Waals surface area (Å²) < 4.78 is 18.8. The van der Waals surface area contributed by atoms with Gasteiger partial charge in [0.2, 0.25) is 0 Å². The molecule has 0 aliphatic carbocycles. The summed E-state index contributed by atoms with van der Waals surface area (Å²) in [5.74, 6) is 0.0164. The quantitative estimate of drug-likeness (QED) is 0.295. The maximum Gasteiger partial charge on any atom is 0.293 e. The molecular weight excluding hydrogens is 423 g/mol. The first-order valence-electron chi connectivity index (χ1n) is 9.17. The number of imide groups is 1. The molecule has 1 fully saturated rings.